The molecule has 9 nitrogen and oxygen atoms in total. The Bertz CT molecular complexity index is 1500. The number of likely N-dealkylation sites (N-methyl/N-ethyl adjacent to an activating group) is 1. The van der Waals surface area contributed by atoms with Crippen LogP contribution in [0.25, 0.3) is 0 Å². The summed E-state index contributed by atoms with van der Waals surface area (Å²) in [6.07, 6.45) is 72.0. The molecule has 1 amide bonds. The van der Waals surface area contributed by atoms with Crippen molar-refractivity contribution in [2.75, 3.05) is 40.9 Å². The number of nitrogens with zero attached hydrogens (tertiary/aromatic N) is 1. The van der Waals surface area contributed by atoms with Crippen LogP contribution in [-0.4, -0.2) is 69.4 Å². The lowest BCUT2D eigenvalue weighted by Gasteiger charge is -2.30. The van der Waals surface area contributed by atoms with E-state index in [0.29, 0.717) is 23.9 Å². The molecule has 0 fully saturated rings. The number of ether oxygens (including phenoxy) is 1. The third-order valence-electron chi connectivity index (χ3n) is 14.4. The summed E-state index contributed by atoms with van der Waals surface area (Å²) in [6.45, 7) is 6.81. The largest absolute Gasteiger partial charge is 0.756 e. The minimum atomic E-state index is -4.70. The van der Waals surface area contributed by atoms with Crippen LogP contribution >= 0.6 is 7.82 Å². The van der Waals surface area contributed by atoms with Crippen molar-refractivity contribution in [2.24, 2.45) is 0 Å². The number of esters is 1. The molecule has 0 saturated carbocycles. The first-order chi connectivity index (χ1) is 37.4. The third-order valence-corrected chi connectivity index (χ3v) is 15.4. The van der Waals surface area contributed by atoms with E-state index < -0.39 is 26.6 Å². The molecule has 0 aromatic rings. The maximum absolute atomic E-state index is 13.5. The van der Waals surface area contributed by atoms with E-state index in [1.165, 1.54) is 186 Å². The van der Waals surface area contributed by atoms with Crippen molar-refractivity contribution >= 4 is 19.7 Å². The molecule has 0 spiro atoms. The fraction of sp³-hybridized carbons (Fsp3) is 0.821. The second-order valence-electron chi connectivity index (χ2n) is 23.3. The summed E-state index contributed by atoms with van der Waals surface area (Å²) < 4.78 is 30.3. The van der Waals surface area contributed by atoms with Crippen molar-refractivity contribution in [1.82, 2.24) is 5.32 Å². The van der Waals surface area contributed by atoms with Gasteiger partial charge in [0.2, 0.25) is 5.91 Å². The van der Waals surface area contributed by atoms with Crippen molar-refractivity contribution in [3.05, 3.63) is 60.8 Å². The number of amides is 1. The summed E-state index contributed by atoms with van der Waals surface area (Å²) in [5.41, 5.74) is 0. The van der Waals surface area contributed by atoms with Gasteiger partial charge < -0.3 is 28.5 Å². The molecule has 0 bridgehead atoms. The molecule has 0 aromatic heterocycles. The lowest BCUT2D eigenvalue weighted by molar-refractivity contribution is -0.870. The zero-order chi connectivity index (χ0) is 56.4. The highest BCUT2D eigenvalue weighted by Crippen LogP contribution is 2.38. The highest BCUT2D eigenvalue weighted by Gasteiger charge is 2.27. The van der Waals surface area contributed by atoms with Gasteiger partial charge in [0.15, 0.2) is 0 Å². The standard InChI is InChI=1S/C67H125N2O7P/c1-7-10-13-16-19-22-25-27-28-29-30-31-32-33-34-35-36-37-38-39-40-42-44-47-50-53-56-59-66(70)68-64(63-75-77(72,73)74-62-61-69(4,5)6)65(58-55-52-49-46-43-24-21-18-15-12-9-3)76-67(71)60-57-54-51-48-45-41-26-23-20-17-14-11-8-2/h19,22,27-28,30-31,41,45,55,58,64-65H,7-18,20-21,23-26,29,32-40,42-44,46-54,56-57,59-63H2,1-6H3,(H-,68,70,72,73)/b22-19-,28-27-,31-30-,45-41-,58-55-. The number of carbonyl (C=O) groups is 2. The minimum absolute atomic E-state index is 0.0247. The highest BCUT2D eigenvalue weighted by atomic mass is 31.2. The molecule has 0 radical (unpaired) electrons. The molecule has 3 unspecified atom stereocenters. The molecule has 0 heterocycles. The molecule has 0 aliphatic rings. The van der Waals surface area contributed by atoms with Gasteiger partial charge in [0.25, 0.3) is 7.82 Å². The number of phosphoric ester groups is 1. The van der Waals surface area contributed by atoms with Gasteiger partial charge >= 0.3 is 5.97 Å². The number of hydrogen-bond donors (Lipinski definition) is 1. The molecular weight excluding hydrogens is 976 g/mol. The average Bonchev–Trinajstić information content (AvgIpc) is 3.39. The van der Waals surface area contributed by atoms with Gasteiger partial charge in [-0.1, -0.05) is 255 Å². The number of nitrogens with one attached hydrogen (secondary N) is 1. The molecule has 0 saturated heterocycles. The van der Waals surface area contributed by atoms with Gasteiger partial charge in [-0.15, -0.1) is 0 Å². The fourth-order valence-corrected chi connectivity index (χ4v) is 10.1. The molecule has 1 N–H and O–H groups in total. The van der Waals surface area contributed by atoms with E-state index in [0.717, 1.165) is 77.0 Å². The first kappa shape index (κ1) is 74.7. The van der Waals surface area contributed by atoms with E-state index >= 15 is 0 Å². The second-order valence-corrected chi connectivity index (χ2v) is 24.7. The third kappa shape index (κ3) is 58.2. The fourth-order valence-electron chi connectivity index (χ4n) is 9.35. The number of quaternary nitrogens is 1. The SMILES string of the molecule is CCCCC/C=C\C/C=C\C/C=C\CCCCCCCCCCCCCCCCC(=O)NC(COP(=O)([O-])OCC[N+](C)(C)C)C(/C=C\CCCCCCCCCCC)OC(=O)CCCCC/C=C\CCCCCCCC. The molecule has 3 atom stereocenters. The van der Waals surface area contributed by atoms with E-state index in [4.69, 9.17) is 13.8 Å². The van der Waals surface area contributed by atoms with E-state index in [-0.39, 0.29) is 24.9 Å². The normalized spacial score (nSPS) is 14.0. The number of hydrogen-bond acceptors (Lipinski definition) is 7. The Morgan fingerprint density at radius 3 is 1.23 bits per heavy atom. The maximum Gasteiger partial charge on any atom is 0.306 e. The summed E-state index contributed by atoms with van der Waals surface area (Å²) in [5.74, 6) is -0.554. The van der Waals surface area contributed by atoms with Gasteiger partial charge in [0.1, 0.15) is 19.3 Å². The Morgan fingerprint density at radius 1 is 0.455 bits per heavy atom. The van der Waals surface area contributed by atoms with Gasteiger partial charge in [-0.3, -0.25) is 14.2 Å². The van der Waals surface area contributed by atoms with Crippen LogP contribution < -0.4 is 10.2 Å². The number of unbranched alkanes of at least 4 members (excludes halogenated alkanes) is 35. The van der Waals surface area contributed by atoms with Crippen LogP contribution in [0.15, 0.2) is 60.8 Å². The summed E-state index contributed by atoms with van der Waals surface area (Å²) in [6, 6.07) is -0.894. The summed E-state index contributed by atoms with van der Waals surface area (Å²) in [5, 5.41) is 3.03. The van der Waals surface area contributed by atoms with Crippen LogP contribution in [0.5, 0.6) is 0 Å². The Labute approximate surface area is 477 Å². The molecule has 0 aromatic carbocycles. The lowest BCUT2D eigenvalue weighted by atomic mass is 10.0. The molecular formula is C67H125N2O7P. The average molecular weight is 1100 g/mol. The zero-order valence-electron chi connectivity index (χ0n) is 51.4. The second kappa shape index (κ2) is 57.0. The monoisotopic (exact) mass is 1100 g/mol. The van der Waals surface area contributed by atoms with Crippen LogP contribution in [0.4, 0.5) is 0 Å². The lowest BCUT2D eigenvalue weighted by Crippen LogP contribution is -2.47. The predicted molar refractivity (Wildman–Crippen MR) is 330 cm³/mol. The molecule has 0 aliphatic carbocycles. The van der Waals surface area contributed by atoms with Crippen LogP contribution in [-0.2, 0) is 27.9 Å². The van der Waals surface area contributed by atoms with Crippen molar-refractivity contribution < 1.29 is 37.3 Å². The first-order valence-corrected chi connectivity index (χ1v) is 34.1. The quantitative estimate of drug-likeness (QED) is 0.0212. The van der Waals surface area contributed by atoms with E-state index in [1.807, 2.05) is 33.3 Å². The van der Waals surface area contributed by atoms with Crippen LogP contribution in [0.3, 0.4) is 0 Å². The van der Waals surface area contributed by atoms with Crippen LogP contribution in [0.2, 0.25) is 0 Å². The van der Waals surface area contributed by atoms with Crippen molar-refractivity contribution in [3.63, 3.8) is 0 Å². The number of phosphoric acid groups is 1. The summed E-state index contributed by atoms with van der Waals surface area (Å²) in [7, 11) is 1.18. The molecule has 77 heavy (non-hydrogen) atoms. The van der Waals surface area contributed by atoms with E-state index in [1.54, 1.807) is 0 Å². The van der Waals surface area contributed by atoms with E-state index in [2.05, 4.69) is 74.7 Å². The summed E-state index contributed by atoms with van der Waals surface area (Å²) >= 11 is 0. The minimum Gasteiger partial charge on any atom is -0.756 e. The smallest absolute Gasteiger partial charge is 0.306 e. The predicted octanol–water partition coefficient (Wildman–Crippen LogP) is 19.6. The van der Waals surface area contributed by atoms with Gasteiger partial charge in [0.05, 0.1) is 33.8 Å². The van der Waals surface area contributed by atoms with Gasteiger partial charge in [-0.05, 0) is 96.0 Å². The van der Waals surface area contributed by atoms with Crippen LogP contribution in [0, 0.1) is 0 Å². The molecule has 450 valence electrons. The zero-order valence-corrected chi connectivity index (χ0v) is 52.3. The summed E-state index contributed by atoms with van der Waals surface area (Å²) in [4.78, 5) is 39.9. The Hall–Kier alpha value is -2.29. The van der Waals surface area contributed by atoms with Crippen molar-refractivity contribution in [3.8, 4) is 0 Å². The Morgan fingerprint density at radius 2 is 0.792 bits per heavy atom. The molecule has 10 heteroatoms. The van der Waals surface area contributed by atoms with Gasteiger partial charge in [0, 0.05) is 12.8 Å². The topological polar surface area (TPSA) is 114 Å². The Balaban J connectivity index is 5.00. The van der Waals surface area contributed by atoms with E-state index in [9.17, 15) is 19.0 Å². The van der Waals surface area contributed by atoms with Crippen molar-refractivity contribution in [2.45, 2.75) is 315 Å². The number of carbonyl (C=O) groups excluding carboxylic acids is 2. The van der Waals surface area contributed by atoms with Gasteiger partial charge in [-0.25, -0.2) is 0 Å². The maximum atomic E-state index is 13.5. The number of rotatable bonds is 59. The molecule has 0 rings (SSSR count). The molecule has 0 aliphatic heterocycles. The van der Waals surface area contributed by atoms with Gasteiger partial charge in [-0.2, -0.15) is 0 Å². The van der Waals surface area contributed by atoms with Crippen LogP contribution in [0.1, 0.15) is 303 Å². The Kier molecular flexibility index (Phi) is 55.3. The van der Waals surface area contributed by atoms with Crippen molar-refractivity contribution in [1.29, 1.82) is 0 Å². The highest BCUT2D eigenvalue weighted by molar-refractivity contribution is 7.45. The first-order valence-electron chi connectivity index (χ1n) is 32.6. The number of allylic oxidation sites excluding steroid dienone is 9.